The lowest BCUT2D eigenvalue weighted by atomic mass is 10.2. The summed E-state index contributed by atoms with van der Waals surface area (Å²) in [6.45, 7) is 0.470. The van der Waals surface area contributed by atoms with Crippen LogP contribution >= 0.6 is 11.3 Å². The van der Waals surface area contributed by atoms with Gasteiger partial charge < -0.3 is 0 Å². The van der Waals surface area contributed by atoms with Gasteiger partial charge in [0.25, 0.3) is 10.1 Å². The van der Waals surface area contributed by atoms with Crippen molar-refractivity contribution in [3.63, 3.8) is 0 Å². The molecule has 1 heterocycles. The minimum Gasteiger partial charge on any atom is -0.286 e. The Kier molecular flexibility index (Phi) is 4.69. The van der Waals surface area contributed by atoms with Gasteiger partial charge in [-0.15, -0.1) is 0 Å². The first-order chi connectivity index (χ1) is 9.46. The summed E-state index contributed by atoms with van der Waals surface area (Å²) in [6.07, 6.45) is 0.901. The number of nitrogens with zero attached hydrogens (tertiary/aromatic N) is 2. The summed E-state index contributed by atoms with van der Waals surface area (Å²) in [5.41, 5.74) is 0.961. The first-order valence-electron chi connectivity index (χ1n) is 6.09. The van der Waals surface area contributed by atoms with Gasteiger partial charge in [-0.3, -0.25) is 9.96 Å². The highest BCUT2D eigenvalue weighted by molar-refractivity contribution is 7.85. The summed E-state index contributed by atoms with van der Waals surface area (Å²) in [7, 11) is -3.90. The number of unbranched alkanes of at least 4 members (excludes halogenated alkanes) is 1. The van der Waals surface area contributed by atoms with Crippen molar-refractivity contribution in [1.29, 1.82) is 5.41 Å². The Morgan fingerprint density at radius 2 is 1.95 bits per heavy atom. The molecule has 20 heavy (non-hydrogen) atoms. The van der Waals surface area contributed by atoms with E-state index < -0.39 is 10.1 Å². The highest BCUT2D eigenvalue weighted by Crippen LogP contribution is 2.18. The van der Waals surface area contributed by atoms with Gasteiger partial charge in [-0.25, -0.2) is 4.68 Å². The van der Waals surface area contributed by atoms with E-state index in [1.165, 1.54) is 11.3 Å². The maximum Gasteiger partial charge on any atom is 0.264 e. The molecule has 0 amide bonds. The van der Waals surface area contributed by atoms with Crippen molar-refractivity contribution in [2.45, 2.75) is 19.4 Å². The molecular weight excluding hydrogens is 298 g/mol. The highest BCUT2D eigenvalue weighted by Gasteiger charge is 2.07. The van der Waals surface area contributed by atoms with Gasteiger partial charge in [-0.1, -0.05) is 41.7 Å². The molecule has 0 aliphatic heterocycles. The van der Waals surface area contributed by atoms with E-state index in [0.29, 0.717) is 24.2 Å². The Labute approximate surface area is 121 Å². The molecule has 2 N–H and O–H groups in total. The summed E-state index contributed by atoms with van der Waals surface area (Å²) in [4.78, 5) is 0.329. The average molecular weight is 313 g/mol. The molecule has 0 fully saturated rings. The van der Waals surface area contributed by atoms with Crippen LogP contribution in [0.25, 0.3) is 10.6 Å². The van der Waals surface area contributed by atoms with E-state index in [1.54, 1.807) is 4.68 Å². The van der Waals surface area contributed by atoms with Crippen LogP contribution < -0.4 is 4.80 Å². The molecular formula is C12H15N3O3S2. The van der Waals surface area contributed by atoms with Gasteiger partial charge in [0.05, 0.1) is 5.75 Å². The molecule has 0 aliphatic carbocycles. The molecule has 0 saturated carbocycles. The molecule has 0 unspecified atom stereocenters. The van der Waals surface area contributed by atoms with Crippen LogP contribution in [0.3, 0.4) is 0 Å². The third kappa shape index (κ3) is 4.26. The van der Waals surface area contributed by atoms with E-state index in [1.807, 2.05) is 30.3 Å². The first-order valence-corrected chi connectivity index (χ1v) is 8.51. The smallest absolute Gasteiger partial charge is 0.264 e. The summed E-state index contributed by atoms with van der Waals surface area (Å²) >= 11 is 1.28. The Morgan fingerprint density at radius 3 is 2.60 bits per heavy atom. The van der Waals surface area contributed by atoms with E-state index in [2.05, 4.69) is 5.10 Å². The third-order valence-corrected chi connectivity index (χ3v) is 4.40. The Morgan fingerprint density at radius 1 is 1.25 bits per heavy atom. The van der Waals surface area contributed by atoms with E-state index in [9.17, 15) is 8.42 Å². The third-order valence-electron chi connectivity index (χ3n) is 2.68. The Bertz CT molecular complexity index is 720. The largest absolute Gasteiger partial charge is 0.286 e. The SMILES string of the molecule is N=c1sc(-c2ccccc2)nn1CCCCS(=O)(=O)O. The van der Waals surface area contributed by atoms with Gasteiger partial charge in [0.15, 0.2) is 0 Å². The standard InChI is InChI=1S/C12H15N3O3S2/c13-12-15(8-4-5-9-20(16,17)18)14-11(19-12)10-6-2-1-3-7-10/h1-3,6-7,13H,4-5,8-9H2,(H,16,17,18). The molecule has 2 rings (SSSR count). The zero-order valence-corrected chi connectivity index (χ0v) is 12.3. The monoisotopic (exact) mass is 313 g/mol. The molecule has 0 atom stereocenters. The zero-order valence-electron chi connectivity index (χ0n) is 10.7. The van der Waals surface area contributed by atoms with Crippen LogP contribution in [0.1, 0.15) is 12.8 Å². The second-order valence-corrected chi connectivity index (χ2v) is 6.84. The molecule has 0 spiro atoms. The molecule has 108 valence electrons. The Hall–Kier alpha value is -1.51. The summed E-state index contributed by atoms with van der Waals surface area (Å²) in [6, 6.07) is 9.61. The van der Waals surface area contributed by atoms with Crippen molar-refractivity contribution >= 4 is 21.5 Å². The van der Waals surface area contributed by atoms with Crippen LogP contribution in [-0.2, 0) is 16.7 Å². The molecule has 0 saturated heterocycles. The predicted octanol–water partition coefficient (Wildman–Crippen LogP) is 1.76. The molecule has 0 radical (unpaired) electrons. The second kappa shape index (κ2) is 6.29. The molecule has 8 heteroatoms. The van der Waals surface area contributed by atoms with Crippen molar-refractivity contribution in [1.82, 2.24) is 9.78 Å². The van der Waals surface area contributed by atoms with Crippen LogP contribution in [-0.4, -0.2) is 28.5 Å². The summed E-state index contributed by atoms with van der Waals surface area (Å²) in [5, 5.41) is 13.0. The fourth-order valence-corrected chi connectivity index (χ4v) is 3.10. The van der Waals surface area contributed by atoms with E-state index in [-0.39, 0.29) is 5.75 Å². The van der Waals surface area contributed by atoms with E-state index in [0.717, 1.165) is 10.6 Å². The lowest BCUT2D eigenvalue weighted by molar-refractivity contribution is 0.475. The van der Waals surface area contributed by atoms with E-state index >= 15 is 0 Å². The van der Waals surface area contributed by atoms with Crippen LogP contribution in [0.15, 0.2) is 30.3 Å². The number of benzene rings is 1. The molecule has 0 bridgehead atoms. The predicted molar refractivity (Wildman–Crippen MR) is 77.0 cm³/mol. The number of aromatic nitrogens is 2. The summed E-state index contributed by atoms with van der Waals surface area (Å²) in [5.74, 6) is -0.253. The van der Waals surface area contributed by atoms with Crippen LogP contribution in [0.5, 0.6) is 0 Å². The minimum absolute atomic E-state index is 0.253. The number of hydrogen-bond acceptors (Lipinski definition) is 5. The second-order valence-electron chi connectivity index (χ2n) is 4.29. The number of rotatable bonds is 6. The van der Waals surface area contributed by atoms with Gasteiger partial charge in [0.2, 0.25) is 4.80 Å². The maximum atomic E-state index is 10.6. The molecule has 1 aromatic carbocycles. The van der Waals surface area contributed by atoms with Crippen molar-refractivity contribution in [3.05, 3.63) is 35.1 Å². The van der Waals surface area contributed by atoms with Gasteiger partial charge in [0.1, 0.15) is 5.01 Å². The van der Waals surface area contributed by atoms with Crippen molar-refractivity contribution < 1.29 is 13.0 Å². The lowest BCUT2D eigenvalue weighted by Crippen LogP contribution is -2.15. The maximum absolute atomic E-state index is 10.6. The van der Waals surface area contributed by atoms with E-state index in [4.69, 9.17) is 9.96 Å². The van der Waals surface area contributed by atoms with Gasteiger partial charge in [0, 0.05) is 12.1 Å². The van der Waals surface area contributed by atoms with Crippen molar-refractivity contribution in [2.24, 2.45) is 0 Å². The van der Waals surface area contributed by atoms with Crippen LogP contribution in [0.2, 0.25) is 0 Å². The normalized spacial score (nSPS) is 11.7. The average Bonchev–Trinajstić information content (AvgIpc) is 2.76. The van der Waals surface area contributed by atoms with Crippen molar-refractivity contribution in [2.75, 3.05) is 5.75 Å². The molecule has 6 nitrogen and oxygen atoms in total. The fraction of sp³-hybridized carbons (Fsp3) is 0.333. The zero-order chi connectivity index (χ0) is 14.6. The number of aryl methyl sites for hydroxylation is 1. The van der Waals surface area contributed by atoms with Crippen LogP contribution in [0.4, 0.5) is 0 Å². The van der Waals surface area contributed by atoms with Gasteiger partial charge >= 0.3 is 0 Å². The quantitative estimate of drug-likeness (QED) is 0.627. The lowest BCUT2D eigenvalue weighted by Gasteiger charge is -2.00. The summed E-state index contributed by atoms with van der Waals surface area (Å²) < 4.78 is 31.4. The Balaban J connectivity index is 2.00. The minimum atomic E-state index is -3.90. The topological polar surface area (TPSA) is 96.0 Å². The molecule has 2 aromatic rings. The first kappa shape index (κ1) is 14.9. The van der Waals surface area contributed by atoms with Crippen molar-refractivity contribution in [3.8, 4) is 10.6 Å². The number of hydrogen-bond donors (Lipinski definition) is 2. The fourth-order valence-electron chi connectivity index (χ4n) is 1.71. The van der Waals surface area contributed by atoms with Gasteiger partial charge in [-0.2, -0.15) is 13.5 Å². The van der Waals surface area contributed by atoms with Crippen LogP contribution in [0, 0.1) is 5.41 Å². The highest BCUT2D eigenvalue weighted by atomic mass is 32.2. The molecule has 0 aliphatic rings. The van der Waals surface area contributed by atoms with Gasteiger partial charge in [-0.05, 0) is 12.8 Å². The molecule has 1 aromatic heterocycles. The number of nitrogens with one attached hydrogen (secondary N) is 1.